The zero-order chi connectivity index (χ0) is 14.0. The van der Waals surface area contributed by atoms with Gasteiger partial charge in [-0.05, 0) is 66.5 Å². The number of piperidine rings is 1. The number of hydrogen-bond donors (Lipinski definition) is 1. The Morgan fingerprint density at radius 1 is 1.00 bits per heavy atom. The standard InChI is InChI=1S/C14H25NO3/c1-13(2,3)11(16)18-12(17)14(4,5)10-6-8-15-9-7-10/h10,15H,6-9H2,1-5H3. The molecule has 1 aliphatic rings. The van der Waals surface area contributed by atoms with E-state index in [-0.39, 0.29) is 5.92 Å². The molecule has 1 saturated heterocycles. The molecule has 0 bridgehead atoms. The van der Waals surface area contributed by atoms with Gasteiger partial charge >= 0.3 is 11.9 Å². The Bertz CT molecular complexity index is 322. The van der Waals surface area contributed by atoms with E-state index in [1.54, 1.807) is 20.8 Å². The molecule has 0 radical (unpaired) electrons. The van der Waals surface area contributed by atoms with Crippen molar-refractivity contribution in [3.63, 3.8) is 0 Å². The van der Waals surface area contributed by atoms with E-state index in [4.69, 9.17) is 4.74 Å². The van der Waals surface area contributed by atoms with Gasteiger partial charge in [0.2, 0.25) is 0 Å². The zero-order valence-electron chi connectivity index (χ0n) is 12.1. The lowest BCUT2D eigenvalue weighted by Crippen LogP contribution is -2.42. The topological polar surface area (TPSA) is 55.4 Å². The molecule has 1 rings (SSSR count). The average Bonchev–Trinajstić information content (AvgIpc) is 2.28. The highest BCUT2D eigenvalue weighted by Crippen LogP contribution is 2.35. The number of carbonyl (C=O) groups is 2. The largest absolute Gasteiger partial charge is 0.392 e. The molecule has 0 aliphatic carbocycles. The van der Waals surface area contributed by atoms with Crippen LogP contribution in [0.25, 0.3) is 0 Å². The summed E-state index contributed by atoms with van der Waals surface area (Å²) in [5.74, 6) is -0.567. The second-order valence-electron chi connectivity index (χ2n) is 6.67. The second-order valence-corrected chi connectivity index (χ2v) is 6.67. The highest BCUT2D eigenvalue weighted by Gasteiger charge is 2.40. The molecule has 1 fully saturated rings. The molecule has 1 aliphatic heterocycles. The first-order valence-corrected chi connectivity index (χ1v) is 6.63. The maximum atomic E-state index is 12.2. The predicted molar refractivity (Wildman–Crippen MR) is 69.9 cm³/mol. The van der Waals surface area contributed by atoms with Gasteiger partial charge in [-0.3, -0.25) is 9.59 Å². The van der Waals surface area contributed by atoms with Crippen molar-refractivity contribution in [2.75, 3.05) is 13.1 Å². The van der Waals surface area contributed by atoms with Crippen molar-refractivity contribution in [2.45, 2.75) is 47.5 Å². The summed E-state index contributed by atoms with van der Waals surface area (Å²) >= 11 is 0. The molecule has 0 aromatic heterocycles. The monoisotopic (exact) mass is 255 g/mol. The summed E-state index contributed by atoms with van der Waals surface area (Å²) in [6.07, 6.45) is 1.90. The van der Waals surface area contributed by atoms with Crippen molar-refractivity contribution in [2.24, 2.45) is 16.7 Å². The third kappa shape index (κ3) is 3.55. The van der Waals surface area contributed by atoms with Crippen molar-refractivity contribution in [3.8, 4) is 0 Å². The average molecular weight is 255 g/mol. The Morgan fingerprint density at radius 2 is 1.50 bits per heavy atom. The highest BCUT2D eigenvalue weighted by atomic mass is 16.6. The van der Waals surface area contributed by atoms with Crippen molar-refractivity contribution in [3.05, 3.63) is 0 Å². The first kappa shape index (κ1) is 15.2. The Morgan fingerprint density at radius 3 is 1.94 bits per heavy atom. The van der Waals surface area contributed by atoms with Gasteiger partial charge in [0.15, 0.2) is 0 Å². The van der Waals surface area contributed by atoms with Crippen LogP contribution in [0.2, 0.25) is 0 Å². The number of esters is 2. The molecule has 0 atom stereocenters. The summed E-state index contributed by atoms with van der Waals surface area (Å²) in [7, 11) is 0. The first-order valence-electron chi connectivity index (χ1n) is 6.63. The molecule has 4 nitrogen and oxygen atoms in total. The number of rotatable bonds is 2. The van der Waals surface area contributed by atoms with E-state index in [0.717, 1.165) is 25.9 Å². The maximum absolute atomic E-state index is 12.2. The SMILES string of the molecule is CC(C)(C)C(=O)OC(=O)C(C)(C)C1CCNCC1. The van der Waals surface area contributed by atoms with Crippen LogP contribution in [0.15, 0.2) is 0 Å². The molecular weight excluding hydrogens is 230 g/mol. The molecule has 0 spiro atoms. The summed E-state index contributed by atoms with van der Waals surface area (Å²) in [5.41, 5.74) is -1.23. The van der Waals surface area contributed by atoms with Crippen molar-refractivity contribution in [1.29, 1.82) is 0 Å². The van der Waals surface area contributed by atoms with Gasteiger partial charge in [0, 0.05) is 0 Å². The van der Waals surface area contributed by atoms with Crippen LogP contribution in [0.4, 0.5) is 0 Å². The molecule has 1 N–H and O–H groups in total. The van der Waals surface area contributed by atoms with Crippen LogP contribution < -0.4 is 5.32 Å². The van der Waals surface area contributed by atoms with E-state index in [0.29, 0.717) is 0 Å². The van der Waals surface area contributed by atoms with Gasteiger partial charge in [-0.1, -0.05) is 0 Å². The van der Waals surface area contributed by atoms with Gasteiger partial charge in [0.1, 0.15) is 0 Å². The quantitative estimate of drug-likeness (QED) is 0.606. The maximum Gasteiger partial charge on any atom is 0.319 e. The Labute approximate surface area is 109 Å². The lowest BCUT2D eigenvalue weighted by Gasteiger charge is -2.35. The third-order valence-corrected chi connectivity index (χ3v) is 3.68. The van der Waals surface area contributed by atoms with Crippen LogP contribution in [0.1, 0.15) is 47.5 Å². The first-order chi connectivity index (χ1) is 8.15. The summed E-state index contributed by atoms with van der Waals surface area (Å²) in [4.78, 5) is 23.9. The fraction of sp³-hybridized carbons (Fsp3) is 0.857. The van der Waals surface area contributed by atoms with Gasteiger partial charge in [-0.25, -0.2) is 0 Å². The predicted octanol–water partition coefficient (Wildman–Crippen LogP) is 2.13. The summed E-state index contributed by atoms with van der Waals surface area (Å²) in [6.45, 7) is 10.9. The van der Waals surface area contributed by atoms with E-state index in [9.17, 15) is 9.59 Å². The summed E-state index contributed by atoms with van der Waals surface area (Å²) in [5, 5.41) is 3.27. The van der Waals surface area contributed by atoms with Gasteiger partial charge in [0.25, 0.3) is 0 Å². The van der Waals surface area contributed by atoms with Gasteiger partial charge in [-0.2, -0.15) is 0 Å². The number of hydrogen-bond acceptors (Lipinski definition) is 4. The Kier molecular flexibility index (Phi) is 4.54. The lowest BCUT2D eigenvalue weighted by molar-refractivity contribution is -0.173. The Hall–Kier alpha value is -0.900. The van der Waals surface area contributed by atoms with Crippen LogP contribution in [0.5, 0.6) is 0 Å². The molecule has 0 aromatic carbocycles. The normalized spacial score (nSPS) is 18.5. The fourth-order valence-corrected chi connectivity index (χ4v) is 2.08. The van der Waals surface area contributed by atoms with E-state index in [2.05, 4.69) is 5.32 Å². The molecule has 18 heavy (non-hydrogen) atoms. The molecule has 0 amide bonds. The highest BCUT2D eigenvalue weighted by molar-refractivity contribution is 5.90. The molecule has 0 aromatic rings. The van der Waals surface area contributed by atoms with Gasteiger partial charge < -0.3 is 10.1 Å². The van der Waals surface area contributed by atoms with Crippen LogP contribution in [0, 0.1) is 16.7 Å². The van der Waals surface area contributed by atoms with E-state index < -0.39 is 22.8 Å². The molecule has 0 unspecified atom stereocenters. The second kappa shape index (κ2) is 5.39. The molecule has 1 heterocycles. The van der Waals surface area contributed by atoms with Crippen molar-refractivity contribution >= 4 is 11.9 Å². The van der Waals surface area contributed by atoms with Gasteiger partial charge in [0.05, 0.1) is 10.8 Å². The van der Waals surface area contributed by atoms with Crippen LogP contribution in [0.3, 0.4) is 0 Å². The summed E-state index contributed by atoms with van der Waals surface area (Å²) in [6, 6.07) is 0. The van der Waals surface area contributed by atoms with Gasteiger partial charge in [-0.15, -0.1) is 0 Å². The number of ether oxygens (including phenoxy) is 1. The number of carbonyl (C=O) groups excluding carboxylic acids is 2. The lowest BCUT2D eigenvalue weighted by atomic mass is 9.74. The molecule has 0 saturated carbocycles. The minimum absolute atomic E-state index is 0.277. The number of nitrogens with one attached hydrogen (secondary N) is 1. The van der Waals surface area contributed by atoms with E-state index in [1.807, 2.05) is 13.8 Å². The molecule has 104 valence electrons. The molecular formula is C14H25NO3. The Balaban J connectivity index is 2.66. The van der Waals surface area contributed by atoms with Crippen LogP contribution in [-0.4, -0.2) is 25.0 Å². The minimum Gasteiger partial charge on any atom is -0.392 e. The van der Waals surface area contributed by atoms with Crippen molar-refractivity contribution in [1.82, 2.24) is 5.32 Å². The summed E-state index contributed by atoms with van der Waals surface area (Å²) < 4.78 is 5.03. The zero-order valence-corrected chi connectivity index (χ0v) is 12.1. The van der Waals surface area contributed by atoms with E-state index >= 15 is 0 Å². The third-order valence-electron chi connectivity index (χ3n) is 3.68. The van der Waals surface area contributed by atoms with Crippen LogP contribution in [-0.2, 0) is 14.3 Å². The minimum atomic E-state index is -0.639. The van der Waals surface area contributed by atoms with E-state index in [1.165, 1.54) is 0 Å². The fourth-order valence-electron chi connectivity index (χ4n) is 2.08. The molecule has 4 heteroatoms. The smallest absolute Gasteiger partial charge is 0.319 e. The van der Waals surface area contributed by atoms with Crippen molar-refractivity contribution < 1.29 is 14.3 Å². The van der Waals surface area contributed by atoms with Crippen LogP contribution >= 0.6 is 0 Å².